The second-order valence-corrected chi connectivity index (χ2v) is 4.75. The van der Waals surface area contributed by atoms with Crippen molar-refractivity contribution in [3.63, 3.8) is 0 Å². The van der Waals surface area contributed by atoms with Crippen molar-refractivity contribution >= 4 is 11.9 Å². The van der Waals surface area contributed by atoms with Gasteiger partial charge in [-0.2, -0.15) is 0 Å². The molecule has 0 heterocycles. The van der Waals surface area contributed by atoms with E-state index in [9.17, 15) is 9.59 Å². The zero-order valence-corrected chi connectivity index (χ0v) is 10.8. The molecule has 1 fully saturated rings. The van der Waals surface area contributed by atoms with Gasteiger partial charge in [-0.3, -0.25) is 9.59 Å². The maximum atomic E-state index is 11.8. The van der Waals surface area contributed by atoms with Crippen molar-refractivity contribution in [2.75, 3.05) is 19.6 Å². The summed E-state index contributed by atoms with van der Waals surface area (Å²) in [7, 11) is 0. The molecule has 1 rings (SSSR count). The van der Waals surface area contributed by atoms with Crippen molar-refractivity contribution in [2.45, 2.75) is 39.7 Å². The van der Waals surface area contributed by atoms with E-state index >= 15 is 0 Å². The fourth-order valence-corrected chi connectivity index (χ4v) is 1.94. The lowest BCUT2D eigenvalue weighted by Gasteiger charge is -2.24. The summed E-state index contributed by atoms with van der Waals surface area (Å²) in [6, 6.07) is -0.0146. The van der Waals surface area contributed by atoms with Gasteiger partial charge in [-0.05, 0) is 32.9 Å². The summed E-state index contributed by atoms with van der Waals surface area (Å²) >= 11 is 0. The molecule has 1 saturated carbocycles. The van der Waals surface area contributed by atoms with Crippen molar-refractivity contribution in [1.29, 1.82) is 0 Å². The summed E-state index contributed by atoms with van der Waals surface area (Å²) in [6.07, 6.45) is 0.929. The molecular weight excluding hydrogens is 220 g/mol. The molecule has 5 nitrogen and oxygen atoms in total. The van der Waals surface area contributed by atoms with Gasteiger partial charge in [0.15, 0.2) is 0 Å². The van der Waals surface area contributed by atoms with Crippen LogP contribution in [0.25, 0.3) is 0 Å². The van der Waals surface area contributed by atoms with Crippen LogP contribution in [0.5, 0.6) is 0 Å². The summed E-state index contributed by atoms with van der Waals surface area (Å²) in [5.74, 6) is -1.32. The highest BCUT2D eigenvalue weighted by Crippen LogP contribution is 2.46. The van der Waals surface area contributed by atoms with E-state index in [1.165, 1.54) is 0 Å². The van der Waals surface area contributed by atoms with Gasteiger partial charge in [-0.25, -0.2) is 0 Å². The van der Waals surface area contributed by atoms with Gasteiger partial charge in [-0.1, -0.05) is 13.8 Å². The summed E-state index contributed by atoms with van der Waals surface area (Å²) in [6.45, 7) is 8.67. The maximum Gasteiger partial charge on any atom is 0.319 e. The molecule has 1 aliphatic carbocycles. The van der Waals surface area contributed by atoms with Crippen molar-refractivity contribution in [3.8, 4) is 0 Å². The average molecular weight is 242 g/mol. The van der Waals surface area contributed by atoms with E-state index in [0.717, 1.165) is 19.6 Å². The Balaban J connectivity index is 2.44. The molecule has 1 unspecified atom stereocenters. The number of aliphatic carboxylic acids is 1. The molecule has 0 spiro atoms. The van der Waals surface area contributed by atoms with Crippen LogP contribution in [0.4, 0.5) is 0 Å². The molecule has 5 heteroatoms. The maximum absolute atomic E-state index is 11.8. The summed E-state index contributed by atoms with van der Waals surface area (Å²) in [5.41, 5.74) is -1.13. The number of carboxylic acids is 1. The molecule has 0 aromatic heterocycles. The Bertz CT molecular complexity index is 296. The SMILES string of the molecule is CCN(CC)CC(C)NC(=O)C1(C(=O)O)CC1. The van der Waals surface area contributed by atoms with Crippen LogP contribution >= 0.6 is 0 Å². The molecule has 0 saturated heterocycles. The number of carboxylic acid groups (broad SMARTS) is 1. The molecule has 0 radical (unpaired) electrons. The van der Waals surface area contributed by atoms with E-state index in [0.29, 0.717) is 12.8 Å². The number of hydrogen-bond donors (Lipinski definition) is 2. The van der Waals surface area contributed by atoms with Crippen LogP contribution in [-0.2, 0) is 9.59 Å². The van der Waals surface area contributed by atoms with Gasteiger partial charge >= 0.3 is 5.97 Å². The first-order valence-electron chi connectivity index (χ1n) is 6.23. The molecule has 0 aromatic rings. The third-order valence-electron chi connectivity index (χ3n) is 3.40. The number of rotatable bonds is 7. The van der Waals surface area contributed by atoms with Crippen molar-refractivity contribution in [3.05, 3.63) is 0 Å². The number of nitrogens with one attached hydrogen (secondary N) is 1. The number of amides is 1. The van der Waals surface area contributed by atoms with Gasteiger partial charge in [0.1, 0.15) is 5.41 Å². The number of nitrogens with zero attached hydrogens (tertiary/aromatic N) is 1. The molecule has 98 valence electrons. The van der Waals surface area contributed by atoms with Crippen LogP contribution in [0.2, 0.25) is 0 Å². The first-order chi connectivity index (χ1) is 7.96. The molecular formula is C12H22N2O3. The highest BCUT2D eigenvalue weighted by Gasteiger charge is 2.57. The minimum Gasteiger partial charge on any atom is -0.480 e. The Hall–Kier alpha value is -1.10. The quantitative estimate of drug-likeness (QED) is 0.645. The van der Waals surface area contributed by atoms with Gasteiger partial charge in [0, 0.05) is 12.6 Å². The van der Waals surface area contributed by atoms with Crippen LogP contribution in [0, 0.1) is 5.41 Å². The number of likely N-dealkylation sites (N-methyl/N-ethyl adjacent to an activating group) is 1. The van der Waals surface area contributed by atoms with Crippen LogP contribution in [0.15, 0.2) is 0 Å². The predicted molar refractivity (Wildman–Crippen MR) is 64.7 cm³/mol. The fraction of sp³-hybridized carbons (Fsp3) is 0.833. The largest absolute Gasteiger partial charge is 0.480 e. The minimum absolute atomic E-state index is 0.0146. The number of carbonyl (C=O) groups is 2. The first-order valence-corrected chi connectivity index (χ1v) is 6.23. The lowest BCUT2D eigenvalue weighted by molar-refractivity contribution is -0.149. The lowest BCUT2D eigenvalue weighted by atomic mass is 10.1. The van der Waals surface area contributed by atoms with Crippen LogP contribution in [-0.4, -0.2) is 47.6 Å². The Labute approximate surface area is 102 Å². The molecule has 0 aliphatic heterocycles. The molecule has 17 heavy (non-hydrogen) atoms. The third-order valence-corrected chi connectivity index (χ3v) is 3.40. The molecule has 1 atom stereocenters. The Morgan fingerprint density at radius 1 is 1.35 bits per heavy atom. The minimum atomic E-state index is -1.13. The molecule has 0 bridgehead atoms. The molecule has 0 aromatic carbocycles. The van der Waals surface area contributed by atoms with Crippen LogP contribution in [0.1, 0.15) is 33.6 Å². The molecule has 2 N–H and O–H groups in total. The van der Waals surface area contributed by atoms with Gasteiger partial charge in [0.2, 0.25) is 5.91 Å². The normalized spacial score (nSPS) is 18.8. The van der Waals surface area contributed by atoms with E-state index in [2.05, 4.69) is 24.1 Å². The topological polar surface area (TPSA) is 69.6 Å². The van der Waals surface area contributed by atoms with Gasteiger partial charge in [-0.15, -0.1) is 0 Å². The van der Waals surface area contributed by atoms with E-state index in [1.54, 1.807) is 0 Å². The average Bonchev–Trinajstić information content (AvgIpc) is 3.06. The van der Waals surface area contributed by atoms with Crippen LogP contribution in [0.3, 0.4) is 0 Å². The number of carbonyl (C=O) groups excluding carboxylic acids is 1. The Morgan fingerprint density at radius 2 is 1.88 bits per heavy atom. The standard InChI is InChI=1S/C12H22N2O3/c1-4-14(5-2)8-9(3)13-10(15)12(6-7-12)11(16)17/h9H,4-8H2,1-3H3,(H,13,15)(H,16,17). The Morgan fingerprint density at radius 3 is 2.24 bits per heavy atom. The summed E-state index contributed by atoms with van der Waals surface area (Å²) in [5, 5.41) is 11.8. The zero-order valence-electron chi connectivity index (χ0n) is 10.8. The van der Waals surface area contributed by atoms with Gasteiger partial charge in [0.25, 0.3) is 0 Å². The Kier molecular flexibility index (Phi) is 4.51. The monoisotopic (exact) mass is 242 g/mol. The van der Waals surface area contributed by atoms with E-state index in [4.69, 9.17) is 5.11 Å². The smallest absolute Gasteiger partial charge is 0.319 e. The fourth-order valence-electron chi connectivity index (χ4n) is 1.94. The second-order valence-electron chi connectivity index (χ2n) is 4.75. The molecule has 1 aliphatic rings. The van der Waals surface area contributed by atoms with Crippen molar-refractivity contribution in [1.82, 2.24) is 10.2 Å². The van der Waals surface area contributed by atoms with E-state index < -0.39 is 11.4 Å². The van der Waals surface area contributed by atoms with Gasteiger partial charge < -0.3 is 15.3 Å². The third kappa shape index (κ3) is 3.19. The zero-order chi connectivity index (χ0) is 13.1. The van der Waals surface area contributed by atoms with Gasteiger partial charge in [0.05, 0.1) is 0 Å². The highest BCUT2D eigenvalue weighted by molar-refractivity contribution is 6.04. The van der Waals surface area contributed by atoms with Crippen molar-refractivity contribution in [2.24, 2.45) is 5.41 Å². The predicted octanol–water partition coefficient (Wildman–Crippen LogP) is 0.698. The lowest BCUT2D eigenvalue weighted by Crippen LogP contribution is -2.46. The summed E-state index contributed by atoms with van der Waals surface area (Å²) < 4.78 is 0. The summed E-state index contributed by atoms with van der Waals surface area (Å²) in [4.78, 5) is 25.0. The first kappa shape index (κ1) is 14.0. The second kappa shape index (κ2) is 5.49. The van der Waals surface area contributed by atoms with Crippen molar-refractivity contribution < 1.29 is 14.7 Å². The van der Waals surface area contributed by atoms with E-state index in [-0.39, 0.29) is 11.9 Å². The molecule has 1 amide bonds. The number of hydrogen-bond acceptors (Lipinski definition) is 3. The van der Waals surface area contributed by atoms with Crippen LogP contribution < -0.4 is 5.32 Å². The van der Waals surface area contributed by atoms with E-state index in [1.807, 2.05) is 6.92 Å². The highest BCUT2D eigenvalue weighted by atomic mass is 16.4.